The SMILES string of the molecule is CCCOC(=O)c1ccc(OCC(=O)NNC(=O)/C=C/c2cccs2)cc1. The van der Waals surface area contributed by atoms with E-state index in [1.807, 2.05) is 24.4 Å². The molecule has 0 saturated carbocycles. The van der Waals surface area contributed by atoms with Gasteiger partial charge in [-0.2, -0.15) is 0 Å². The summed E-state index contributed by atoms with van der Waals surface area (Å²) >= 11 is 1.50. The van der Waals surface area contributed by atoms with Crippen LogP contribution in [-0.2, 0) is 14.3 Å². The van der Waals surface area contributed by atoms with Gasteiger partial charge < -0.3 is 9.47 Å². The van der Waals surface area contributed by atoms with Crippen LogP contribution in [0.2, 0.25) is 0 Å². The Hall–Kier alpha value is -3.13. The molecule has 2 N–H and O–H groups in total. The van der Waals surface area contributed by atoms with Crippen molar-refractivity contribution < 1.29 is 23.9 Å². The van der Waals surface area contributed by atoms with Gasteiger partial charge in [0.25, 0.3) is 11.8 Å². The monoisotopic (exact) mass is 388 g/mol. The minimum Gasteiger partial charge on any atom is -0.484 e. The normalized spacial score (nSPS) is 10.4. The van der Waals surface area contributed by atoms with Gasteiger partial charge in [-0.05, 0) is 48.2 Å². The van der Waals surface area contributed by atoms with Crippen LogP contribution in [0.1, 0.15) is 28.6 Å². The van der Waals surface area contributed by atoms with E-state index in [4.69, 9.17) is 9.47 Å². The number of rotatable bonds is 8. The summed E-state index contributed by atoms with van der Waals surface area (Å²) in [5, 5.41) is 1.90. The zero-order chi connectivity index (χ0) is 19.5. The molecule has 0 spiro atoms. The average Bonchev–Trinajstić information content (AvgIpc) is 3.21. The molecule has 0 saturated heterocycles. The van der Waals surface area contributed by atoms with Crippen molar-refractivity contribution in [1.82, 2.24) is 10.9 Å². The van der Waals surface area contributed by atoms with E-state index in [2.05, 4.69) is 10.9 Å². The molecule has 142 valence electrons. The van der Waals surface area contributed by atoms with E-state index in [0.29, 0.717) is 17.9 Å². The second-order valence-corrected chi connectivity index (χ2v) is 6.31. The Kier molecular flexibility index (Phi) is 8.05. The molecule has 1 aromatic carbocycles. The minimum absolute atomic E-state index is 0.283. The van der Waals surface area contributed by atoms with Crippen molar-refractivity contribution in [2.75, 3.05) is 13.2 Å². The second kappa shape index (κ2) is 10.8. The number of hydrogen-bond acceptors (Lipinski definition) is 6. The van der Waals surface area contributed by atoms with Crippen LogP contribution in [0.15, 0.2) is 47.9 Å². The van der Waals surface area contributed by atoms with Crippen LogP contribution in [0.5, 0.6) is 5.75 Å². The maximum atomic E-state index is 11.7. The summed E-state index contributed by atoms with van der Waals surface area (Å²) in [5.74, 6) is -0.952. The van der Waals surface area contributed by atoms with Crippen molar-refractivity contribution in [1.29, 1.82) is 0 Å². The van der Waals surface area contributed by atoms with Crippen molar-refractivity contribution >= 4 is 35.2 Å². The van der Waals surface area contributed by atoms with Gasteiger partial charge >= 0.3 is 5.97 Å². The third kappa shape index (κ3) is 7.33. The van der Waals surface area contributed by atoms with E-state index in [9.17, 15) is 14.4 Å². The molecular formula is C19H20N2O5S. The Morgan fingerprint density at radius 3 is 2.56 bits per heavy atom. The first-order valence-corrected chi connectivity index (χ1v) is 9.17. The van der Waals surface area contributed by atoms with E-state index in [1.54, 1.807) is 30.3 Å². The molecule has 0 aliphatic heterocycles. The first-order valence-electron chi connectivity index (χ1n) is 8.29. The zero-order valence-electron chi connectivity index (χ0n) is 14.8. The predicted octanol–water partition coefficient (Wildman–Crippen LogP) is 2.55. The quantitative estimate of drug-likeness (QED) is 0.412. The van der Waals surface area contributed by atoms with Crippen molar-refractivity contribution in [3.63, 3.8) is 0 Å². The number of nitrogens with one attached hydrogen (secondary N) is 2. The Balaban J connectivity index is 1.70. The van der Waals surface area contributed by atoms with Crippen LogP contribution in [0.25, 0.3) is 6.08 Å². The molecule has 0 atom stereocenters. The number of thiophene rings is 1. The number of ether oxygens (including phenoxy) is 2. The molecule has 2 rings (SSSR count). The third-order valence-corrected chi connectivity index (χ3v) is 4.00. The Morgan fingerprint density at radius 1 is 1.11 bits per heavy atom. The molecule has 0 radical (unpaired) electrons. The summed E-state index contributed by atoms with van der Waals surface area (Å²) in [6.07, 6.45) is 3.72. The predicted molar refractivity (Wildman–Crippen MR) is 102 cm³/mol. The molecule has 1 aromatic heterocycles. The van der Waals surface area contributed by atoms with Crippen molar-refractivity contribution in [3.05, 3.63) is 58.3 Å². The maximum absolute atomic E-state index is 11.7. The van der Waals surface area contributed by atoms with Crippen LogP contribution in [0, 0.1) is 0 Å². The smallest absolute Gasteiger partial charge is 0.338 e. The molecule has 0 unspecified atom stereocenters. The van der Waals surface area contributed by atoms with Crippen LogP contribution in [0.3, 0.4) is 0 Å². The summed E-state index contributed by atoms with van der Waals surface area (Å²) in [6.45, 7) is 2.00. The molecule has 27 heavy (non-hydrogen) atoms. The van der Waals surface area contributed by atoms with Gasteiger partial charge in [0.15, 0.2) is 6.61 Å². The van der Waals surface area contributed by atoms with Gasteiger partial charge in [0, 0.05) is 11.0 Å². The molecular weight excluding hydrogens is 368 g/mol. The molecule has 0 fully saturated rings. The molecule has 8 heteroatoms. The van der Waals surface area contributed by atoms with Gasteiger partial charge in [0.1, 0.15) is 5.75 Å². The molecule has 0 aliphatic carbocycles. The van der Waals surface area contributed by atoms with Crippen LogP contribution < -0.4 is 15.6 Å². The van der Waals surface area contributed by atoms with Crippen LogP contribution in [0.4, 0.5) is 0 Å². The minimum atomic E-state index is -0.515. The van der Waals surface area contributed by atoms with Crippen molar-refractivity contribution in [2.24, 2.45) is 0 Å². The van der Waals surface area contributed by atoms with E-state index < -0.39 is 17.8 Å². The highest BCUT2D eigenvalue weighted by molar-refractivity contribution is 7.10. The van der Waals surface area contributed by atoms with Crippen molar-refractivity contribution in [2.45, 2.75) is 13.3 Å². The van der Waals surface area contributed by atoms with Gasteiger partial charge in [-0.25, -0.2) is 4.79 Å². The van der Waals surface area contributed by atoms with Crippen molar-refractivity contribution in [3.8, 4) is 5.75 Å². The standard InChI is InChI=1S/C19H20N2O5S/c1-2-11-25-19(24)14-5-7-15(8-6-14)26-13-18(23)21-20-17(22)10-9-16-4-3-12-27-16/h3-10,12H,2,11,13H2,1H3,(H,20,22)(H,21,23)/b10-9+. The van der Waals surface area contributed by atoms with E-state index in [0.717, 1.165) is 11.3 Å². The number of carbonyl (C=O) groups excluding carboxylic acids is 3. The highest BCUT2D eigenvalue weighted by atomic mass is 32.1. The topological polar surface area (TPSA) is 93.7 Å². The summed E-state index contributed by atoms with van der Waals surface area (Å²) in [6, 6.07) is 10.00. The Morgan fingerprint density at radius 2 is 1.89 bits per heavy atom. The van der Waals surface area contributed by atoms with Gasteiger partial charge in [0.05, 0.1) is 12.2 Å². The summed E-state index contributed by atoms with van der Waals surface area (Å²) in [7, 11) is 0. The maximum Gasteiger partial charge on any atom is 0.338 e. The number of benzene rings is 1. The Bertz CT molecular complexity index is 785. The first kappa shape index (κ1) is 20.2. The van der Waals surface area contributed by atoms with Gasteiger partial charge in [-0.15, -0.1) is 11.3 Å². The second-order valence-electron chi connectivity index (χ2n) is 5.34. The number of amides is 2. The van der Waals surface area contributed by atoms with Crippen LogP contribution >= 0.6 is 11.3 Å². The molecule has 7 nitrogen and oxygen atoms in total. The van der Waals surface area contributed by atoms with Gasteiger partial charge in [-0.1, -0.05) is 13.0 Å². The third-order valence-electron chi connectivity index (χ3n) is 3.16. The average molecular weight is 388 g/mol. The number of carbonyl (C=O) groups is 3. The Labute approximate surface area is 161 Å². The molecule has 1 heterocycles. The molecule has 0 bridgehead atoms. The van der Waals surface area contributed by atoms with Gasteiger partial charge in [0.2, 0.25) is 0 Å². The largest absolute Gasteiger partial charge is 0.484 e. The highest BCUT2D eigenvalue weighted by Crippen LogP contribution is 2.13. The molecule has 0 aliphatic rings. The lowest BCUT2D eigenvalue weighted by Crippen LogP contribution is -2.43. The summed E-state index contributed by atoms with van der Waals surface area (Å²) in [5.41, 5.74) is 4.92. The lowest BCUT2D eigenvalue weighted by molar-refractivity contribution is -0.128. The van der Waals surface area contributed by atoms with E-state index >= 15 is 0 Å². The fourth-order valence-corrected chi connectivity index (χ4v) is 2.49. The lowest BCUT2D eigenvalue weighted by Gasteiger charge is -2.08. The fraction of sp³-hybridized carbons (Fsp3) is 0.211. The van der Waals surface area contributed by atoms with Gasteiger partial charge in [-0.3, -0.25) is 20.4 Å². The fourth-order valence-electron chi connectivity index (χ4n) is 1.87. The number of hydrogen-bond donors (Lipinski definition) is 2. The zero-order valence-corrected chi connectivity index (χ0v) is 15.6. The summed E-state index contributed by atoms with van der Waals surface area (Å²) < 4.78 is 10.3. The molecule has 2 amide bonds. The van der Waals surface area contributed by atoms with E-state index in [1.165, 1.54) is 17.4 Å². The number of hydrazine groups is 1. The first-order chi connectivity index (χ1) is 13.1. The number of esters is 1. The highest BCUT2D eigenvalue weighted by Gasteiger charge is 2.08. The molecule has 2 aromatic rings. The summed E-state index contributed by atoms with van der Waals surface area (Å²) in [4.78, 5) is 35.9. The lowest BCUT2D eigenvalue weighted by atomic mass is 10.2. The van der Waals surface area contributed by atoms with Crippen LogP contribution in [-0.4, -0.2) is 31.0 Å². The van der Waals surface area contributed by atoms with E-state index in [-0.39, 0.29) is 6.61 Å².